The maximum absolute atomic E-state index is 2.43. The summed E-state index contributed by atoms with van der Waals surface area (Å²) in [5.41, 5.74) is 61.4. The molecule has 0 saturated carbocycles. The minimum absolute atomic E-state index is 1.44. The molecule has 442 valence electrons. The van der Waals surface area contributed by atoms with Gasteiger partial charge in [-0.15, -0.1) is 0 Å². The van der Waals surface area contributed by atoms with Gasteiger partial charge < -0.3 is 0 Å². The lowest BCUT2D eigenvalue weighted by molar-refractivity contribution is 1.22. The smallest absolute Gasteiger partial charge is 0.000793 e. The van der Waals surface area contributed by atoms with Crippen LogP contribution in [0.4, 0.5) is 0 Å². The highest BCUT2D eigenvalue weighted by Gasteiger charge is 2.40. The van der Waals surface area contributed by atoms with Crippen molar-refractivity contribution < 1.29 is 0 Å². The number of aryl methyl sites for hydroxylation is 10. The molecule has 0 aliphatic heterocycles. The fourth-order valence-corrected chi connectivity index (χ4v) is 19.7. The lowest BCUT2D eigenvalue weighted by Gasteiger charge is -2.27. The van der Waals surface area contributed by atoms with Crippen LogP contribution in [-0.2, 0) is 0 Å². The molecule has 0 bridgehead atoms. The first-order valence-corrected chi connectivity index (χ1v) is 33.0. The van der Waals surface area contributed by atoms with Gasteiger partial charge in [-0.2, -0.15) is 0 Å². The Morgan fingerprint density at radius 1 is 0.0682 bits per heavy atom. The molecule has 0 spiro atoms. The van der Waals surface area contributed by atoms with Crippen molar-refractivity contribution >= 4 is 86.2 Å². The summed E-state index contributed by atoms with van der Waals surface area (Å²) >= 11 is 0. The average Bonchev–Trinajstić information content (AvgIpc) is 1.37. The Hall–Kier alpha value is -7.54. The molecule has 0 atom stereocenters. The zero-order valence-electron chi connectivity index (χ0n) is 59.0. The molecule has 13 aromatic rings. The molecule has 3 aliphatic carbocycles. The molecule has 13 aromatic carbocycles. The van der Waals surface area contributed by atoms with Crippen molar-refractivity contribution in [1.82, 2.24) is 0 Å². The van der Waals surface area contributed by atoms with Crippen LogP contribution in [0.3, 0.4) is 0 Å². The molecule has 0 heterocycles. The third-order valence-corrected chi connectivity index (χ3v) is 26.7. The summed E-state index contributed by atoms with van der Waals surface area (Å²) in [6.07, 6.45) is 0. The van der Waals surface area contributed by atoms with Gasteiger partial charge in [0.05, 0.1) is 0 Å². The van der Waals surface area contributed by atoms with Crippen LogP contribution in [0.5, 0.6) is 0 Å². The van der Waals surface area contributed by atoms with Crippen LogP contribution in [-0.4, -0.2) is 0 Å². The first-order valence-electron chi connectivity index (χ1n) is 33.0. The van der Waals surface area contributed by atoms with Crippen LogP contribution in [0.2, 0.25) is 0 Å². The molecule has 16 rings (SSSR count). The van der Waals surface area contributed by atoms with Crippen LogP contribution in [0.1, 0.15) is 167 Å². The Labute approximate surface area is 524 Å². The van der Waals surface area contributed by atoms with E-state index in [1.54, 1.807) is 0 Å². The van der Waals surface area contributed by atoms with Gasteiger partial charge in [0.1, 0.15) is 0 Å². The SMILES string of the molecule is Cc1c(C)c(C)c2c(c1C)-c1c(C)c(C)c3c4c(C)c(C)c(C)c5c(C)c(C)c(C)c(c6c(C)c(C)c-2c1c36)c54.Cc1c(C)c(C)c2c(c1C)-c1c(C)c(C)c3c4c(C)c(C)c5c6c(c(C)c(C)c(c7c(C)c(C)c-2c1c37)c64)-c1c(C)c(C)c(C)c(C)c1-5. The second kappa shape index (κ2) is 17.7. The van der Waals surface area contributed by atoms with Crippen molar-refractivity contribution in [3.05, 3.63) is 167 Å². The van der Waals surface area contributed by atoms with Gasteiger partial charge in [-0.25, -0.2) is 0 Å². The van der Waals surface area contributed by atoms with Crippen molar-refractivity contribution in [2.75, 3.05) is 0 Å². The highest BCUT2D eigenvalue weighted by Crippen LogP contribution is 2.65. The monoisotopic (exact) mass is 1150 g/mol. The third kappa shape index (κ3) is 5.98. The molecule has 0 heteroatoms. The highest BCUT2D eigenvalue weighted by atomic mass is 14.4. The van der Waals surface area contributed by atoms with Crippen LogP contribution >= 0.6 is 0 Å². The fraction of sp³-hybridized carbons (Fsp3) is 0.341. The van der Waals surface area contributed by atoms with Crippen LogP contribution < -0.4 is 0 Å². The summed E-state index contributed by atoms with van der Waals surface area (Å²) in [6.45, 7) is 71.3. The normalized spacial score (nSPS) is 12.9. The van der Waals surface area contributed by atoms with Gasteiger partial charge in [-0.1, -0.05) is 0 Å². The topological polar surface area (TPSA) is 0 Å². The zero-order valence-corrected chi connectivity index (χ0v) is 59.0. The standard InChI is InChI=1S/C48H48.C40H42/c1-17-18(2)22(6)34-33(21(17)5)37-25(9)29(13)41-43-31(15)27(11)39-35-23(7)19(3)20(4)24(8)36(35)40-28(12)32(16)44(48(43)46(39)40)42-30(14)26(10)38(34)45(37)47(41)42;1-15-16(2)22(8)31-30(21(15)7)34-25(11)27(13)36-32-23(9)17(3)19(5)29-20(6)18(4)24(10)33(38(29)32)37-28(14)26(12)35(31)39(34)40(36)37/h1-16H3;1-14H3. The van der Waals surface area contributed by atoms with E-state index in [4.69, 9.17) is 0 Å². The second-order valence-electron chi connectivity index (χ2n) is 29.2. The fourth-order valence-electron chi connectivity index (χ4n) is 19.7. The summed E-state index contributed by atoms with van der Waals surface area (Å²) in [7, 11) is 0. The van der Waals surface area contributed by atoms with Crippen LogP contribution in [0.25, 0.3) is 153 Å². The Kier molecular flexibility index (Phi) is 11.4. The van der Waals surface area contributed by atoms with Gasteiger partial charge in [-0.05, 0) is 528 Å². The van der Waals surface area contributed by atoms with Crippen molar-refractivity contribution in [3.8, 4) is 66.8 Å². The van der Waals surface area contributed by atoms with E-state index in [0.29, 0.717) is 0 Å². The molecule has 0 radical (unpaired) electrons. The molecule has 0 aromatic heterocycles. The predicted molar refractivity (Wildman–Crippen MR) is 391 cm³/mol. The van der Waals surface area contributed by atoms with Crippen LogP contribution in [0.15, 0.2) is 0 Å². The van der Waals surface area contributed by atoms with Crippen molar-refractivity contribution in [2.45, 2.75) is 208 Å². The molecule has 3 aliphatic rings. The molecule has 0 saturated heterocycles. The molecule has 0 N–H and O–H groups in total. The molecular weight excluding hydrogens is 1060 g/mol. The van der Waals surface area contributed by atoms with E-state index in [9.17, 15) is 0 Å². The van der Waals surface area contributed by atoms with E-state index in [1.807, 2.05) is 0 Å². The maximum Gasteiger partial charge on any atom is -0.000793 e. The van der Waals surface area contributed by atoms with Crippen molar-refractivity contribution in [3.63, 3.8) is 0 Å². The minimum Gasteiger partial charge on any atom is -0.0443 e. The lowest BCUT2D eigenvalue weighted by Crippen LogP contribution is -2.03. The molecule has 0 unspecified atom stereocenters. The number of fused-ring (bicyclic) bond motifs is 13. The van der Waals surface area contributed by atoms with E-state index < -0.39 is 0 Å². The van der Waals surface area contributed by atoms with Crippen molar-refractivity contribution in [2.24, 2.45) is 0 Å². The number of rotatable bonds is 0. The highest BCUT2D eigenvalue weighted by molar-refractivity contribution is 6.44. The molecular formula is C88H90. The summed E-state index contributed by atoms with van der Waals surface area (Å²) in [5, 5.41) is 24.0. The second-order valence-corrected chi connectivity index (χ2v) is 29.2. The van der Waals surface area contributed by atoms with Gasteiger partial charge in [0, 0.05) is 0 Å². The van der Waals surface area contributed by atoms with E-state index in [0.717, 1.165) is 0 Å². The number of benzene rings is 13. The number of hydrogen-bond acceptors (Lipinski definition) is 0. The van der Waals surface area contributed by atoms with E-state index in [1.165, 1.54) is 320 Å². The summed E-state index contributed by atoms with van der Waals surface area (Å²) in [4.78, 5) is 0. The van der Waals surface area contributed by atoms with Gasteiger partial charge >= 0.3 is 0 Å². The summed E-state index contributed by atoms with van der Waals surface area (Å²) in [6, 6.07) is 0. The largest absolute Gasteiger partial charge is 0.0443 e. The van der Waals surface area contributed by atoms with Crippen molar-refractivity contribution in [1.29, 1.82) is 0 Å². The Bertz CT molecular complexity index is 5180. The van der Waals surface area contributed by atoms with E-state index in [2.05, 4.69) is 208 Å². The molecule has 0 amide bonds. The van der Waals surface area contributed by atoms with Crippen LogP contribution in [0, 0.1) is 208 Å². The van der Waals surface area contributed by atoms with Gasteiger partial charge in [-0.3, -0.25) is 0 Å². The third-order valence-electron chi connectivity index (χ3n) is 26.7. The molecule has 0 nitrogen and oxygen atoms in total. The summed E-state index contributed by atoms with van der Waals surface area (Å²) < 4.78 is 0. The Morgan fingerprint density at radius 3 is 0.330 bits per heavy atom. The van der Waals surface area contributed by atoms with E-state index >= 15 is 0 Å². The van der Waals surface area contributed by atoms with E-state index in [-0.39, 0.29) is 0 Å². The first-order chi connectivity index (χ1) is 41.3. The quantitative estimate of drug-likeness (QED) is 0.105. The minimum atomic E-state index is 1.44. The molecule has 88 heavy (non-hydrogen) atoms. The number of hydrogen-bond donors (Lipinski definition) is 0. The first kappa shape index (κ1) is 56.9. The van der Waals surface area contributed by atoms with Gasteiger partial charge in [0.2, 0.25) is 0 Å². The average molecular weight is 1150 g/mol. The Morgan fingerprint density at radius 2 is 0.170 bits per heavy atom. The zero-order chi connectivity index (χ0) is 63.5. The maximum atomic E-state index is 2.43. The Balaban J connectivity index is 0.000000150. The van der Waals surface area contributed by atoms with Gasteiger partial charge in [0.15, 0.2) is 0 Å². The summed E-state index contributed by atoms with van der Waals surface area (Å²) in [5.74, 6) is 0. The molecule has 0 fully saturated rings. The predicted octanol–water partition coefficient (Wildman–Crippen LogP) is 25.7. The van der Waals surface area contributed by atoms with Gasteiger partial charge in [0.25, 0.3) is 0 Å². The lowest BCUT2D eigenvalue weighted by atomic mass is 9.76.